The van der Waals surface area contributed by atoms with Gasteiger partial charge in [-0.2, -0.15) is 10.4 Å². The van der Waals surface area contributed by atoms with E-state index in [9.17, 15) is 10.1 Å². The van der Waals surface area contributed by atoms with Gasteiger partial charge in [0.1, 0.15) is 0 Å². The second kappa shape index (κ2) is 7.20. The Morgan fingerprint density at radius 3 is 2.77 bits per heavy atom. The molecule has 1 amide bonds. The van der Waals surface area contributed by atoms with E-state index in [2.05, 4.69) is 23.5 Å². The van der Waals surface area contributed by atoms with Crippen LogP contribution in [0.4, 0.5) is 0 Å². The van der Waals surface area contributed by atoms with Crippen molar-refractivity contribution in [1.82, 2.24) is 20.0 Å². The van der Waals surface area contributed by atoms with E-state index >= 15 is 0 Å². The van der Waals surface area contributed by atoms with Crippen LogP contribution in [-0.4, -0.2) is 38.7 Å². The van der Waals surface area contributed by atoms with E-state index in [1.807, 2.05) is 51.4 Å². The summed E-state index contributed by atoms with van der Waals surface area (Å²) in [6, 6.07) is 5.93. The van der Waals surface area contributed by atoms with Gasteiger partial charge in [0, 0.05) is 17.8 Å². The smallest absolute Gasteiger partial charge is 0.251 e. The summed E-state index contributed by atoms with van der Waals surface area (Å²) in [6.07, 6.45) is 7.66. The molecule has 1 aliphatic rings. The molecule has 0 unspecified atom stereocenters. The molecule has 2 aromatic rings. The normalized spacial score (nSPS) is 22.3. The van der Waals surface area contributed by atoms with Crippen molar-refractivity contribution >= 4 is 5.91 Å². The standard InChI is InChI=1S/C20H25N5O/c1-5-19-18(9-15(4)24(19)12-21)23-20(26)17-7-6-16(8-14(17)3)25-11-13(2)10-22-25/h6-8,10-11,15,18-19H,5,9H2,1-4H3,(H,23,26)/t15-,18+,19+/m0/s1. The molecule has 1 aromatic heterocycles. The van der Waals surface area contributed by atoms with Crippen molar-refractivity contribution in [3.63, 3.8) is 0 Å². The summed E-state index contributed by atoms with van der Waals surface area (Å²) in [4.78, 5) is 14.6. The second-order valence-corrected chi connectivity index (χ2v) is 7.11. The van der Waals surface area contributed by atoms with Crippen molar-refractivity contribution in [3.05, 3.63) is 47.3 Å². The van der Waals surface area contributed by atoms with E-state index in [0.717, 1.165) is 29.7 Å². The van der Waals surface area contributed by atoms with E-state index in [0.29, 0.717) is 5.56 Å². The summed E-state index contributed by atoms with van der Waals surface area (Å²) in [5, 5.41) is 16.8. The van der Waals surface area contributed by atoms with Gasteiger partial charge in [-0.25, -0.2) is 4.68 Å². The monoisotopic (exact) mass is 351 g/mol. The lowest BCUT2D eigenvalue weighted by molar-refractivity contribution is 0.0928. The molecule has 1 aliphatic heterocycles. The number of nitrogens with zero attached hydrogens (tertiary/aromatic N) is 4. The van der Waals surface area contributed by atoms with Crippen molar-refractivity contribution in [2.24, 2.45) is 0 Å². The molecule has 2 heterocycles. The highest BCUT2D eigenvalue weighted by Gasteiger charge is 2.38. The lowest BCUT2D eigenvalue weighted by Gasteiger charge is -2.24. The first kappa shape index (κ1) is 18.0. The molecule has 6 heteroatoms. The summed E-state index contributed by atoms with van der Waals surface area (Å²) >= 11 is 0. The molecule has 1 N–H and O–H groups in total. The molecule has 0 radical (unpaired) electrons. The highest BCUT2D eigenvalue weighted by atomic mass is 16.1. The first-order chi connectivity index (χ1) is 12.4. The average molecular weight is 351 g/mol. The fourth-order valence-electron chi connectivity index (χ4n) is 3.81. The summed E-state index contributed by atoms with van der Waals surface area (Å²) in [5.41, 5.74) is 3.59. The third-order valence-electron chi connectivity index (χ3n) is 5.17. The minimum Gasteiger partial charge on any atom is -0.347 e. The second-order valence-electron chi connectivity index (χ2n) is 7.11. The zero-order valence-electron chi connectivity index (χ0n) is 15.7. The predicted octanol–water partition coefficient (Wildman–Crippen LogP) is 2.94. The van der Waals surface area contributed by atoms with Crippen molar-refractivity contribution < 1.29 is 4.79 Å². The molecular weight excluding hydrogens is 326 g/mol. The first-order valence-corrected chi connectivity index (χ1v) is 9.05. The number of amides is 1. The van der Waals surface area contributed by atoms with Gasteiger partial charge in [-0.15, -0.1) is 0 Å². The zero-order chi connectivity index (χ0) is 18.8. The maximum absolute atomic E-state index is 12.8. The molecular formula is C20H25N5O. The number of hydrogen-bond acceptors (Lipinski definition) is 4. The van der Waals surface area contributed by atoms with E-state index in [4.69, 9.17) is 0 Å². The number of aromatic nitrogens is 2. The zero-order valence-corrected chi connectivity index (χ0v) is 15.7. The summed E-state index contributed by atoms with van der Waals surface area (Å²) < 4.78 is 1.81. The number of rotatable bonds is 4. The van der Waals surface area contributed by atoms with E-state index in [-0.39, 0.29) is 24.0 Å². The number of nitriles is 1. The number of carbonyl (C=O) groups excluding carboxylic acids is 1. The molecule has 3 rings (SSSR count). The number of carbonyl (C=O) groups is 1. The van der Waals surface area contributed by atoms with Crippen LogP contribution >= 0.6 is 0 Å². The molecule has 0 bridgehead atoms. The Morgan fingerprint density at radius 1 is 1.42 bits per heavy atom. The van der Waals surface area contributed by atoms with Crippen LogP contribution in [0, 0.1) is 25.3 Å². The number of nitrogens with one attached hydrogen (secondary N) is 1. The van der Waals surface area contributed by atoms with Gasteiger partial charge < -0.3 is 10.2 Å². The minimum absolute atomic E-state index is 0.00464. The third-order valence-corrected chi connectivity index (χ3v) is 5.17. The molecule has 0 saturated carbocycles. The fraction of sp³-hybridized carbons (Fsp3) is 0.450. The van der Waals surface area contributed by atoms with Crippen molar-refractivity contribution in [1.29, 1.82) is 5.26 Å². The highest BCUT2D eigenvalue weighted by molar-refractivity contribution is 5.96. The van der Waals surface area contributed by atoms with Crippen LogP contribution < -0.4 is 5.32 Å². The fourth-order valence-corrected chi connectivity index (χ4v) is 3.81. The molecule has 6 nitrogen and oxygen atoms in total. The van der Waals surface area contributed by atoms with Crippen LogP contribution in [0.15, 0.2) is 30.6 Å². The van der Waals surface area contributed by atoms with Crippen LogP contribution in [0.25, 0.3) is 5.69 Å². The van der Waals surface area contributed by atoms with Gasteiger partial charge in [0.05, 0.1) is 24.0 Å². The Bertz CT molecular complexity index is 850. The number of aryl methyl sites for hydroxylation is 2. The Balaban J connectivity index is 1.77. The van der Waals surface area contributed by atoms with Gasteiger partial charge in [0.25, 0.3) is 5.91 Å². The summed E-state index contributed by atoms with van der Waals surface area (Å²) in [6.45, 7) is 8.02. The van der Waals surface area contributed by atoms with Crippen LogP contribution in [0.2, 0.25) is 0 Å². The van der Waals surface area contributed by atoms with Crippen LogP contribution in [0.1, 0.15) is 48.2 Å². The molecule has 3 atom stereocenters. The topological polar surface area (TPSA) is 74.0 Å². The van der Waals surface area contributed by atoms with Gasteiger partial charge >= 0.3 is 0 Å². The minimum atomic E-state index is -0.0823. The Morgan fingerprint density at radius 2 is 2.19 bits per heavy atom. The van der Waals surface area contributed by atoms with Crippen molar-refractivity contribution in [3.8, 4) is 11.9 Å². The molecule has 136 valence electrons. The maximum atomic E-state index is 12.8. The van der Waals surface area contributed by atoms with Crippen LogP contribution in [0.5, 0.6) is 0 Å². The summed E-state index contributed by atoms with van der Waals surface area (Å²) in [7, 11) is 0. The largest absolute Gasteiger partial charge is 0.347 e. The molecule has 1 fully saturated rings. The Kier molecular flexibility index (Phi) is 4.99. The Hall–Kier alpha value is -2.81. The SMILES string of the molecule is CC[C@@H]1[C@H](NC(=O)c2ccc(-n3cc(C)cn3)cc2C)C[C@H](C)N1C#N. The number of likely N-dealkylation sites (tertiary alicyclic amines) is 1. The maximum Gasteiger partial charge on any atom is 0.251 e. The van der Waals surface area contributed by atoms with Crippen LogP contribution in [0.3, 0.4) is 0 Å². The van der Waals surface area contributed by atoms with Crippen molar-refractivity contribution in [2.75, 3.05) is 0 Å². The molecule has 1 saturated heterocycles. The molecule has 0 aliphatic carbocycles. The number of benzene rings is 1. The van der Waals surface area contributed by atoms with Gasteiger partial charge in [-0.3, -0.25) is 4.79 Å². The van der Waals surface area contributed by atoms with E-state index < -0.39 is 0 Å². The van der Waals surface area contributed by atoms with E-state index in [1.54, 1.807) is 9.58 Å². The number of hydrogen-bond donors (Lipinski definition) is 1. The molecule has 1 aromatic carbocycles. The van der Waals surface area contributed by atoms with Gasteiger partial charge in [-0.05, 0) is 62.9 Å². The van der Waals surface area contributed by atoms with Crippen LogP contribution in [-0.2, 0) is 0 Å². The predicted molar refractivity (Wildman–Crippen MR) is 99.9 cm³/mol. The molecule has 0 spiro atoms. The Labute approximate surface area is 154 Å². The lowest BCUT2D eigenvalue weighted by atomic mass is 10.0. The lowest BCUT2D eigenvalue weighted by Crippen LogP contribution is -2.43. The summed E-state index contributed by atoms with van der Waals surface area (Å²) in [5.74, 6) is -0.0823. The van der Waals surface area contributed by atoms with Gasteiger partial charge in [0.2, 0.25) is 0 Å². The average Bonchev–Trinajstić information content (AvgIpc) is 3.17. The third kappa shape index (κ3) is 3.30. The van der Waals surface area contributed by atoms with E-state index in [1.165, 1.54) is 0 Å². The molecule has 26 heavy (non-hydrogen) atoms. The van der Waals surface area contributed by atoms with Gasteiger partial charge in [-0.1, -0.05) is 6.92 Å². The highest BCUT2D eigenvalue weighted by Crippen LogP contribution is 2.26. The van der Waals surface area contributed by atoms with Crippen molar-refractivity contribution in [2.45, 2.75) is 58.7 Å². The van der Waals surface area contributed by atoms with Gasteiger partial charge in [0.15, 0.2) is 6.19 Å². The quantitative estimate of drug-likeness (QED) is 0.860. The first-order valence-electron chi connectivity index (χ1n) is 9.05.